The predicted molar refractivity (Wildman–Crippen MR) is 84.1 cm³/mol. The van der Waals surface area contributed by atoms with Gasteiger partial charge in [0.25, 0.3) is 5.91 Å². The van der Waals surface area contributed by atoms with Gasteiger partial charge >= 0.3 is 0 Å². The molecular weight excluding hydrogens is 288 g/mol. The number of carbonyl (C=O) groups excluding carboxylic acids is 1. The van der Waals surface area contributed by atoms with E-state index in [-0.39, 0.29) is 19.1 Å². The molecular formula is C16H17ClN2O2. The van der Waals surface area contributed by atoms with E-state index in [9.17, 15) is 9.90 Å². The first kappa shape index (κ1) is 15.4. The third-order valence-electron chi connectivity index (χ3n) is 3.04. The van der Waals surface area contributed by atoms with Crippen LogP contribution in [0.3, 0.4) is 0 Å². The quantitative estimate of drug-likeness (QED) is 0.834. The van der Waals surface area contributed by atoms with Crippen LogP contribution in [0.2, 0.25) is 5.02 Å². The van der Waals surface area contributed by atoms with Gasteiger partial charge in [-0.15, -0.1) is 0 Å². The molecule has 1 amide bonds. The molecule has 0 atom stereocenters. The van der Waals surface area contributed by atoms with Gasteiger partial charge in [-0.2, -0.15) is 0 Å². The molecule has 0 aliphatic carbocycles. The first-order valence-corrected chi connectivity index (χ1v) is 6.98. The average molecular weight is 305 g/mol. The fourth-order valence-electron chi connectivity index (χ4n) is 2.10. The molecule has 0 aromatic heterocycles. The molecule has 3 N–H and O–H groups in total. The molecule has 0 heterocycles. The zero-order valence-corrected chi connectivity index (χ0v) is 12.3. The zero-order valence-electron chi connectivity index (χ0n) is 11.5. The maximum atomic E-state index is 12.5. The van der Waals surface area contributed by atoms with Gasteiger partial charge in [-0.3, -0.25) is 4.79 Å². The normalized spacial score (nSPS) is 10.4. The minimum atomic E-state index is -0.206. The minimum absolute atomic E-state index is 0.103. The molecule has 4 nitrogen and oxygen atoms in total. The standard InChI is InChI=1S/C16H17ClN2O2/c17-14-8-13(9-15(18)10-14)16(21)19(6-7-20)11-12-4-2-1-3-5-12/h1-5,8-10,20H,6-7,11,18H2. The van der Waals surface area contributed by atoms with Gasteiger partial charge in [-0.1, -0.05) is 41.9 Å². The lowest BCUT2D eigenvalue weighted by atomic mass is 10.1. The minimum Gasteiger partial charge on any atom is -0.399 e. The molecule has 2 aromatic rings. The monoisotopic (exact) mass is 304 g/mol. The SMILES string of the molecule is Nc1cc(Cl)cc(C(=O)N(CCO)Cc2ccccc2)c1. The van der Waals surface area contributed by atoms with Gasteiger partial charge in [0.05, 0.1) is 6.61 Å². The van der Waals surface area contributed by atoms with Gasteiger partial charge in [0, 0.05) is 29.4 Å². The van der Waals surface area contributed by atoms with Crippen molar-refractivity contribution in [3.63, 3.8) is 0 Å². The van der Waals surface area contributed by atoms with Crippen LogP contribution in [0.1, 0.15) is 15.9 Å². The summed E-state index contributed by atoms with van der Waals surface area (Å²) in [4.78, 5) is 14.1. The summed E-state index contributed by atoms with van der Waals surface area (Å²) >= 11 is 5.94. The van der Waals surface area contributed by atoms with Crippen LogP contribution < -0.4 is 5.73 Å². The summed E-state index contributed by atoms with van der Waals surface area (Å²) in [5.41, 5.74) is 7.57. The molecule has 2 aromatic carbocycles. The van der Waals surface area contributed by atoms with Gasteiger partial charge < -0.3 is 15.7 Å². The van der Waals surface area contributed by atoms with Crippen molar-refractivity contribution in [3.05, 3.63) is 64.7 Å². The van der Waals surface area contributed by atoms with Crippen LogP contribution in [0, 0.1) is 0 Å². The Balaban J connectivity index is 2.22. The van der Waals surface area contributed by atoms with Gasteiger partial charge in [-0.05, 0) is 23.8 Å². The molecule has 0 aliphatic heterocycles. The smallest absolute Gasteiger partial charge is 0.254 e. The van der Waals surface area contributed by atoms with E-state index < -0.39 is 0 Å². The maximum Gasteiger partial charge on any atom is 0.254 e. The Morgan fingerprint density at radius 3 is 2.52 bits per heavy atom. The van der Waals surface area contributed by atoms with Crippen LogP contribution in [-0.4, -0.2) is 29.1 Å². The van der Waals surface area contributed by atoms with E-state index in [1.54, 1.807) is 23.1 Å². The van der Waals surface area contributed by atoms with Crippen LogP contribution >= 0.6 is 11.6 Å². The number of rotatable bonds is 5. The molecule has 0 spiro atoms. The molecule has 0 unspecified atom stereocenters. The fourth-order valence-corrected chi connectivity index (χ4v) is 2.34. The summed E-state index contributed by atoms with van der Waals surface area (Å²) in [6.45, 7) is 0.571. The van der Waals surface area contributed by atoms with E-state index in [0.29, 0.717) is 22.8 Å². The highest BCUT2D eigenvalue weighted by Crippen LogP contribution is 2.19. The van der Waals surface area contributed by atoms with Crippen LogP contribution in [0.5, 0.6) is 0 Å². The molecule has 0 radical (unpaired) electrons. The van der Waals surface area contributed by atoms with Crippen molar-refractivity contribution in [3.8, 4) is 0 Å². The summed E-state index contributed by atoms with van der Waals surface area (Å²) in [7, 11) is 0. The number of carbonyl (C=O) groups is 1. The number of nitrogen functional groups attached to an aromatic ring is 1. The number of nitrogens with two attached hydrogens (primary N) is 1. The van der Waals surface area contributed by atoms with Gasteiger partial charge in [0.15, 0.2) is 0 Å². The Morgan fingerprint density at radius 1 is 1.19 bits per heavy atom. The molecule has 0 saturated heterocycles. The van der Waals surface area contributed by atoms with Crippen molar-refractivity contribution in [1.29, 1.82) is 0 Å². The summed E-state index contributed by atoms with van der Waals surface area (Å²) < 4.78 is 0. The Labute approximate surface area is 128 Å². The van der Waals surface area contributed by atoms with Crippen LogP contribution in [0.4, 0.5) is 5.69 Å². The molecule has 0 fully saturated rings. The number of hydrogen-bond acceptors (Lipinski definition) is 3. The highest BCUT2D eigenvalue weighted by atomic mass is 35.5. The lowest BCUT2D eigenvalue weighted by molar-refractivity contribution is 0.0708. The predicted octanol–water partition coefficient (Wildman–Crippen LogP) is 2.56. The van der Waals surface area contributed by atoms with E-state index in [2.05, 4.69) is 0 Å². The largest absolute Gasteiger partial charge is 0.399 e. The number of halogens is 1. The van der Waals surface area contributed by atoms with Gasteiger partial charge in [0.2, 0.25) is 0 Å². The van der Waals surface area contributed by atoms with E-state index >= 15 is 0 Å². The van der Waals surface area contributed by atoms with E-state index in [0.717, 1.165) is 5.56 Å². The topological polar surface area (TPSA) is 66.6 Å². The highest BCUT2D eigenvalue weighted by Gasteiger charge is 2.16. The van der Waals surface area contributed by atoms with Gasteiger partial charge in [-0.25, -0.2) is 0 Å². The second kappa shape index (κ2) is 7.11. The van der Waals surface area contributed by atoms with Gasteiger partial charge in [0.1, 0.15) is 0 Å². The molecule has 0 aliphatic rings. The number of aliphatic hydroxyl groups is 1. The maximum absolute atomic E-state index is 12.5. The van der Waals surface area contributed by atoms with Crippen molar-refractivity contribution in [2.75, 3.05) is 18.9 Å². The number of amides is 1. The van der Waals surface area contributed by atoms with Crippen molar-refractivity contribution in [1.82, 2.24) is 4.90 Å². The van der Waals surface area contributed by atoms with E-state index in [1.165, 1.54) is 0 Å². The third-order valence-corrected chi connectivity index (χ3v) is 3.26. The number of benzene rings is 2. The fraction of sp³-hybridized carbons (Fsp3) is 0.188. The summed E-state index contributed by atoms with van der Waals surface area (Å²) in [5.74, 6) is -0.206. The Hall–Kier alpha value is -2.04. The highest BCUT2D eigenvalue weighted by molar-refractivity contribution is 6.31. The molecule has 0 saturated carbocycles. The number of anilines is 1. The average Bonchev–Trinajstić information content (AvgIpc) is 2.46. The lowest BCUT2D eigenvalue weighted by Gasteiger charge is -2.22. The van der Waals surface area contributed by atoms with Crippen molar-refractivity contribution < 1.29 is 9.90 Å². The summed E-state index contributed by atoms with van der Waals surface area (Å²) in [5, 5.41) is 9.59. The van der Waals surface area contributed by atoms with Crippen LogP contribution in [-0.2, 0) is 6.54 Å². The Bertz CT molecular complexity index is 597. The first-order chi connectivity index (χ1) is 10.1. The summed E-state index contributed by atoms with van der Waals surface area (Å²) in [6.07, 6.45) is 0. The van der Waals surface area contributed by atoms with Crippen molar-refractivity contribution >= 4 is 23.2 Å². The molecule has 5 heteroatoms. The summed E-state index contributed by atoms with van der Waals surface area (Å²) in [6, 6.07) is 14.4. The Morgan fingerprint density at radius 2 is 1.90 bits per heavy atom. The third kappa shape index (κ3) is 4.21. The molecule has 21 heavy (non-hydrogen) atoms. The number of nitrogens with zero attached hydrogens (tertiary/aromatic N) is 1. The van der Waals surface area contributed by atoms with Crippen LogP contribution in [0.25, 0.3) is 0 Å². The molecule has 110 valence electrons. The van der Waals surface area contributed by atoms with Crippen molar-refractivity contribution in [2.24, 2.45) is 0 Å². The molecule has 2 rings (SSSR count). The molecule has 0 bridgehead atoms. The van der Waals surface area contributed by atoms with Crippen LogP contribution in [0.15, 0.2) is 48.5 Å². The first-order valence-electron chi connectivity index (χ1n) is 6.60. The van der Waals surface area contributed by atoms with E-state index in [1.807, 2.05) is 30.3 Å². The number of aliphatic hydroxyl groups excluding tert-OH is 1. The van der Waals surface area contributed by atoms with E-state index in [4.69, 9.17) is 17.3 Å². The second-order valence-electron chi connectivity index (χ2n) is 4.71. The Kier molecular flexibility index (Phi) is 5.20. The lowest BCUT2D eigenvalue weighted by Crippen LogP contribution is -2.33. The second-order valence-corrected chi connectivity index (χ2v) is 5.15. The zero-order chi connectivity index (χ0) is 15.2. The number of hydrogen-bond donors (Lipinski definition) is 2. The van der Waals surface area contributed by atoms with Crippen molar-refractivity contribution in [2.45, 2.75) is 6.54 Å².